The number of hydrogen-bond acceptors (Lipinski definition) is 3. The molecule has 0 amide bonds. The summed E-state index contributed by atoms with van der Waals surface area (Å²) in [4.78, 5) is 23.5. The first-order valence-electron chi connectivity index (χ1n) is 8.31. The molecule has 0 bridgehead atoms. The fraction of sp³-hybridized carbons (Fsp3) is 0.882. The van der Waals surface area contributed by atoms with Gasteiger partial charge in [0, 0.05) is 0 Å². The molecule has 0 radical (unpaired) electrons. The van der Waals surface area contributed by atoms with Crippen LogP contribution in [0.1, 0.15) is 65.7 Å². The molecule has 4 nitrogen and oxygen atoms in total. The van der Waals surface area contributed by atoms with Gasteiger partial charge < -0.3 is 9.84 Å². The number of rotatable bonds is 8. The molecule has 0 aromatic rings. The Morgan fingerprint density at radius 2 is 1.76 bits per heavy atom. The maximum absolute atomic E-state index is 12.0. The van der Waals surface area contributed by atoms with Crippen molar-refractivity contribution in [3.05, 3.63) is 0 Å². The van der Waals surface area contributed by atoms with E-state index in [0.717, 1.165) is 19.3 Å². The maximum atomic E-state index is 12.0. The average molecular weight is 298 g/mol. The lowest BCUT2D eigenvalue weighted by Crippen LogP contribution is -2.31. The van der Waals surface area contributed by atoms with E-state index in [4.69, 9.17) is 4.74 Å². The minimum atomic E-state index is -0.867. The van der Waals surface area contributed by atoms with Crippen LogP contribution in [0.15, 0.2) is 0 Å². The Bertz CT molecular complexity index is 332. The molecule has 1 fully saturated rings. The summed E-state index contributed by atoms with van der Waals surface area (Å²) in [5.41, 5.74) is 0. The zero-order chi connectivity index (χ0) is 15.8. The summed E-state index contributed by atoms with van der Waals surface area (Å²) in [6.07, 6.45) is 7.24. The number of carbonyl (C=O) groups is 2. The number of carboxylic acids is 1. The van der Waals surface area contributed by atoms with Gasteiger partial charge in [0.15, 0.2) is 0 Å². The Balaban J connectivity index is 2.49. The van der Waals surface area contributed by atoms with Crippen molar-refractivity contribution >= 4 is 11.9 Å². The first-order chi connectivity index (χ1) is 9.91. The van der Waals surface area contributed by atoms with Crippen LogP contribution < -0.4 is 0 Å². The molecule has 0 saturated heterocycles. The monoisotopic (exact) mass is 298 g/mol. The third-order valence-electron chi connectivity index (χ3n) is 4.54. The van der Waals surface area contributed by atoms with Crippen molar-refractivity contribution in [3.63, 3.8) is 0 Å². The van der Waals surface area contributed by atoms with Gasteiger partial charge >= 0.3 is 11.9 Å². The van der Waals surface area contributed by atoms with E-state index < -0.39 is 17.8 Å². The van der Waals surface area contributed by atoms with Crippen LogP contribution in [0, 0.1) is 23.7 Å². The van der Waals surface area contributed by atoms with Crippen molar-refractivity contribution in [2.45, 2.75) is 65.7 Å². The molecule has 122 valence electrons. The molecular formula is C17H30O4. The lowest BCUT2D eigenvalue weighted by molar-refractivity contribution is -0.158. The van der Waals surface area contributed by atoms with E-state index in [-0.39, 0.29) is 5.97 Å². The Morgan fingerprint density at radius 1 is 1.14 bits per heavy atom. The zero-order valence-electron chi connectivity index (χ0n) is 13.6. The second-order valence-electron chi connectivity index (χ2n) is 6.82. The predicted octanol–water partition coefficient (Wildman–Crippen LogP) is 3.88. The zero-order valence-corrected chi connectivity index (χ0v) is 13.6. The van der Waals surface area contributed by atoms with E-state index in [9.17, 15) is 14.7 Å². The molecule has 1 N–H and O–H groups in total. The van der Waals surface area contributed by atoms with Crippen molar-refractivity contribution in [1.82, 2.24) is 0 Å². The van der Waals surface area contributed by atoms with E-state index in [1.165, 1.54) is 19.3 Å². The Labute approximate surface area is 128 Å². The highest BCUT2D eigenvalue weighted by molar-refractivity contribution is 5.80. The Hall–Kier alpha value is -1.06. The summed E-state index contributed by atoms with van der Waals surface area (Å²) in [6.45, 7) is 6.22. The third-order valence-corrected chi connectivity index (χ3v) is 4.54. The number of carbonyl (C=O) groups excluding carboxylic acids is 1. The largest absolute Gasteiger partial charge is 0.481 e. The van der Waals surface area contributed by atoms with Crippen LogP contribution in [0.3, 0.4) is 0 Å². The summed E-state index contributed by atoms with van der Waals surface area (Å²) in [7, 11) is 0. The van der Waals surface area contributed by atoms with Crippen molar-refractivity contribution in [2.24, 2.45) is 23.7 Å². The molecule has 1 rings (SSSR count). The lowest BCUT2D eigenvalue weighted by atomic mass is 9.79. The van der Waals surface area contributed by atoms with Gasteiger partial charge in [-0.1, -0.05) is 52.9 Å². The van der Waals surface area contributed by atoms with E-state index in [2.05, 4.69) is 13.8 Å². The molecule has 21 heavy (non-hydrogen) atoms. The quantitative estimate of drug-likeness (QED) is 0.691. The molecule has 0 heterocycles. The number of carboxylic acid groups (broad SMARTS) is 1. The van der Waals surface area contributed by atoms with Crippen LogP contribution in [0.25, 0.3) is 0 Å². The highest BCUT2D eigenvalue weighted by Gasteiger charge is 2.33. The van der Waals surface area contributed by atoms with Crippen LogP contribution in [0.2, 0.25) is 0 Å². The third kappa shape index (κ3) is 6.49. The second-order valence-corrected chi connectivity index (χ2v) is 6.82. The van der Waals surface area contributed by atoms with Crippen molar-refractivity contribution in [3.8, 4) is 0 Å². The van der Waals surface area contributed by atoms with Crippen LogP contribution in [0.4, 0.5) is 0 Å². The fourth-order valence-corrected chi connectivity index (χ4v) is 2.99. The van der Waals surface area contributed by atoms with Gasteiger partial charge in [-0.3, -0.25) is 9.59 Å². The van der Waals surface area contributed by atoms with Crippen LogP contribution in [0.5, 0.6) is 0 Å². The number of aliphatic carboxylic acids is 1. The Morgan fingerprint density at radius 3 is 2.29 bits per heavy atom. The number of ether oxygens (including phenoxy) is 1. The maximum Gasteiger partial charge on any atom is 0.309 e. The molecule has 1 saturated carbocycles. The van der Waals surface area contributed by atoms with Gasteiger partial charge in [0.25, 0.3) is 0 Å². The summed E-state index contributed by atoms with van der Waals surface area (Å²) in [6, 6.07) is 0. The van der Waals surface area contributed by atoms with Crippen molar-refractivity contribution in [2.75, 3.05) is 6.61 Å². The summed E-state index contributed by atoms with van der Waals surface area (Å²) in [5.74, 6) is -1.47. The van der Waals surface area contributed by atoms with Gasteiger partial charge in [0.1, 0.15) is 0 Å². The first-order valence-corrected chi connectivity index (χ1v) is 8.31. The molecule has 2 atom stereocenters. The standard InChI is InChI=1S/C17H30O4/c1-12(2)9-10-21-17(20)13(3)15(16(18)19)11-14-7-5-4-6-8-14/h12-15H,4-11H2,1-3H3,(H,18,19)/t13-,15+/m0/s1. The second kappa shape index (κ2) is 9.06. The first kappa shape index (κ1) is 18.0. The highest BCUT2D eigenvalue weighted by Crippen LogP contribution is 2.32. The van der Waals surface area contributed by atoms with E-state index in [0.29, 0.717) is 24.9 Å². The van der Waals surface area contributed by atoms with Crippen molar-refractivity contribution in [1.29, 1.82) is 0 Å². The minimum absolute atomic E-state index is 0.362. The van der Waals surface area contributed by atoms with Crippen molar-refractivity contribution < 1.29 is 19.4 Å². The lowest BCUT2D eigenvalue weighted by Gasteiger charge is -2.27. The van der Waals surface area contributed by atoms with Gasteiger partial charge in [-0.15, -0.1) is 0 Å². The Kier molecular flexibility index (Phi) is 7.76. The van der Waals surface area contributed by atoms with Gasteiger partial charge in [-0.05, 0) is 24.7 Å². The van der Waals surface area contributed by atoms with E-state index in [1.54, 1.807) is 6.92 Å². The molecule has 0 unspecified atom stereocenters. The summed E-state index contributed by atoms with van der Waals surface area (Å²) >= 11 is 0. The topological polar surface area (TPSA) is 63.6 Å². The van der Waals surface area contributed by atoms with E-state index >= 15 is 0 Å². The normalized spacial score (nSPS) is 19.2. The molecule has 0 aliphatic heterocycles. The number of hydrogen-bond donors (Lipinski definition) is 1. The predicted molar refractivity (Wildman–Crippen MR) is 81.9 cm³/mol. The summed E-state index contributed by atoms with van der Waals surface area (Å²) < 4.78 is 5.23. The van der Waals surface area contributed by atoms with Gasteiger partial charge in [0.2, 0.25) is 0 Å². The van der Waals surface area contributed by atoms with Crippen LogP contribution in [-0.2, 0) is 14.3 Å². The molecule has 0 aromatic carbocycles. The van der Waals surface area contributed by atoms with Gasteiger partial charge in [-0.2, -0.15) is 0 Å². The van der Waals surface area contributed by atoms with Crippen LogP contribution in [-0.4, -0.2) is 23.7 Å². The smallest absolute Gasteiger partial charge is 0.309 e. The minimum Gasteiger partial charge on any atom is -0.481 e. The molecule has 0 aromatic heterocycles. The molecule has 4 heteroatoms. The SMILES string of the molecule is CC(C)CCOC(=O)[C@@H](C)[C@@H](CC1CCCCC1)C(=O)O. The fourth-order valence-electron chi connectivity index (χ4n) is 2.99. The van der Waals surface area contributed by atoms with Gasteiger partial charge in [-0.25, -0.2) is 0 Å². The molecule has 1 aliphatic rings. The summed E-state index contributed by atoms with van der Waals surface area (Å²) in [5, 5.41) is 9.43. The molecule has 1 aliphatic carbocycles. The number of esters is 1. The molecular weight excluding hydrogens is 268 g/mol. The van der Waals surface area contributed by atoms with E-state index in [1.807, 2.05) is 0 Å². The average Bonchev–Trinajstić information content (AvgIpc) is 2.44. The van der Waals surface area contributed by atoms with Gasteiger partial charge in [0.05, 0.1) is 18.4 Å². The highest BCUT2D eigenvalue weighted by atomic mass is 16.5. The molecule has 0 spiro atoms. The van der Waals surface area contributed by atoms with Crippen LogP contribution >= 0.6 is 0 Å².